The molecule has 1 aromatic heterocycles. The second kappa shape index (κ2) is 5.20. The Balaban J connectivity index is 2.19. The molecule has 1 amide bonds. The molecule has 72 valence electrons. The van der Waals surface area contributed by atoms with Crippen molar-refractivity contribution in [2.45, 2.75) is 6.42 Å². The van der Waals surface area contributed by atoms with Crippen LogP contribution < -0.4 is 5.32 Å². The van der Waals surface area contributed by atoms with Crippen LogP contribution in [0, 0.1) is 0 Å². The van der Waals surface area contributed by atoms with Gasteiger partial charge in [0, 0.05) is 20.3 Å². The molecule has 0 aromatic carbocycles. The van der Waals surface area contributed by atoms with Crippen LogP contribution in [0.15, 0.2) is 0 Å². The summed E-state index contributed by atoms with van der Waals surface area (Å²) >= 11 is 0. The van der Waals surface area contributed by atoms with Crippen LogP contribution in [0.1, 0.15) is 17.0 Å². The maximum atomic E-state index is 11.1. The van der Waals surface area contributed by atoms with Gasteiger partial charge in [-0.2, -0.15) is 5.21 Å². The molecule has 2 N–H and O–H groups in total. The number of H-pyrrole nitrogens is 1. The van der Waals surface area contributed by atoms with Gasteiger partial charge in [-0.15, -0.1) is 10.2 Å². The molecule has 1 aromatic rings. The number of nitrogens with zero attached hydrogens (tertiary/aromatic N) is 3. The van der Waals surface area contributed by atoms with E-state index >= 15 is 0 Å². The lowest BCUT2D eigenvalue weighted by Crippen LogP contribution is -2.26. The van der Waals surface area contributed by atoms with E-state index in [2.05, 4.69) is 25.9 Å². The van der Waals surface area contributed by atoms with E-state index in [0.29, 0.717) is 13.2 Å². The number of nitrogens with one attached hydrogen (secondary N) is 2. The van der Waals surface area contributed by atoms with Gasteiger partial charge in [0.05, 0.1) is 0 Å². The topological polar surface area (TPSA) is 92.8 Å². The van der Waals surface area contributed by atoms with Gasteiger partial charge in [0.1, 0.15) is 0 Å². The number of methoxy groups -OCH3 is 1. The first-order chi connectivity index (χ1) is 6.34. The molecule has 0 aliphatic heterocycles. The predicted molar refractivity (Wildman–Crippen MR) is 43.0 cm³/mol. The van der Waals surface area contributed by atoms with Crippen LogP contribution in [0.4, 0.5) is 0 Å². The molecule has 0 spiro atoms. The van der Waals surface area contributed by atoms with Crippen LogP contribution in [0.25, 0.3) is 0 Å². The van der Waals surface area contributed by atoms with Crippen molar-refractivity contribution in [2.24, 2.45) is 0 Å². The Hall–Kier alpha value is -1.50. The van der Waals surface area contributed by atoms with Crippen LogP contribution in [-0.4, -0.2) is 46.8 Å². The second-order valence-corrected chi connectivity index (χ2v) is 2.34. The highest BCUT2D eigenvalue weighted by Crippen LogP contribution is 1.83. The van der Waals surface area contributed by atoms with E-state index < -0.39 is 0 Å². The van der Waals surface area contributed by atoms with Gasteiger partial charge in [-0.05, 0) is 11.6 Å². The first-order valence-electron chi connectivity index (χ1n) is 3.85. The summed E-state index contributed by atoms with van der Waals surface area (Å²) in [6.07, 6.45) is 0.764. The number of amides is 1. The Kier molecular flexibility index (Phi) is 3.83. The molecule has 7 heteroatoms. The number of carbonyl (C=O) groups excluding carboxylic acids is 1. The normalized spacial score (nSPS) is 9.92. The number of aromatic nitrogens is 4. The number of carbonyl (C=O) groups is 1. The number of aromatic amines is 1. The summed E-state index contributed by atoms with van der Waals surface area (Å²) in [6.45, 7) is 1.16. The zero-order valence-corrected chi connectivity index (χ0v) is 7.28. The molecule has 7 nitrogen and oxygen atoms in total. The number of hydrogen-bond acceptors (Lipinski definition) is 5. The molecule has 0 unspecified atom stereocenters. The van der Waals surface area contributed by atoms with Crippen molar-refractivity contribution in [1.29, 1.82) is 0 Å². The molecule has 0 aliphatic rings. The first-order valence-corrected chi connectivity index (χ1v) is 3.85. The van der Waals surface area contributed by atoms with E-state index in [4.69, 9.17) is 4.74 Å². The summed E-state index contributed by atoms with van der Waals surface area (Å²) in [4.78, 5) is 11.1. The fraction of sp³-hybridized carbons (Fsp3) is 0.667. The largest absolute Gasteiger partial charge is 0.385 e. The summed E-state index contributed by atoms with van der Waals surface area (Å²) in [5, 5.41) is 15.1. The number of ether oxygens (including phenoxy) is 1. The molecule has 1 rings (SSSR count). The predicted octanol–water partition coefficient (Wildman–Crippen LogP) is -1.03. The van der Waals surface area contributed by atoms with Crippen molar-refractivity contribution in [3.63, 3.8) is 0 Å². The summed E-state index contributed by atoms with van der Waals surface area (Å²) < 4.78 is 4.81. The molecule has 13 heavy (non-hydrogen) atoms. The molecule has 0 fully saturated rings. The summed E-state index contributed by atoms with van der Waals surface area (Å²) in [7, 11) is 1.61. The first kappa shape index (κ1) is 9.59. The second-order valence-electron chi connectivity index (χ2n) is 2.34. The zero-order valence-electron chi connectivity index (χ0n) is 7.28. The molecule has 0 saturated heterocycles. The van der Waals surface area contributed by atoms with E-state index in [-0.39, 0.29) is 11.7 Å². The molecular formula is C6H11N5O2. The third kappa shape index (κ3) is 3.16. The number of tetrazole rings is 1. The van der Waals surface area contributed by atoms with Crippen LogP contribution in [0.3, 0.4) is 0 Å². The Morgan fingerprint density at radius 3 is 3.15 bits per heavy atom. The van der Waals surface area contributed by atoms with E-state index in [1.165, 1.54) is 0 Å². The summed E-state index contributed by atoms with van der Waals surface area (Å²) in [5.41, 5.74) is 0. The van der Waals surface area contributed by atoms with Gasteiger partial charge in [-0.25, -0.2) is 0 Å². The smallest absolute Gasteiger partial charge is 0.292 e. The van der Waals surface area contributed by atoms with E-state index in [9.17, 15) is 4.79 Å². The average molecular weight is 185 g/mol. The van der Waals surface area contributed by atoms with Crippen molar-refractivity contribution < 1.29 is 9.53 Å². The molecule has 0 aliphatic carbocycles. The molecular weight excluding hydrogens is 174 g/mol. The lowest BCUT2D eigenvalue weighted by Gasteiger charge is -2.00. The maximum absolute atomic E-state index is 11.1. The quantitative estimate of drug-likeness (QED) is 0.572. The zero-order chi connectivity index (χ0) is 9.52. The highest BCUT2D eigenvalue weighted by atomic mass is 16.5. The van der Waals surface area contributed by atoms with Crippen molar-refractivity contribution in [1.82, 2.24) is 25.9 Å². The molecule has 0 saturated carbocycles. The third-order valence-corrected chi connectivity index (χ3v) is 1.36. The lowest BCUT2D eigenvalue weighted by atomic mass is 10.4. The van der Waals surface area contributed by atoms with E-state index in [1.807, 2.05) is 0 Å². The molecule has 0 atom stereocenters. The fourth-order valence-electron chi connectivity index (χ4n) is 0.755. The number of hydrogen-bond donors (Lipinski definition) is 2. The molecule has 0 radical (unpaired) electrons. The highest BCUT2D eigenvalue weighted by molar-refractivity contribution is 5.89. The highest BCUT2D eigenvalue weighted by Gasteiger charge is 2.08. The fourth-order valence-corrected chi connectivity index (χ4v) is 0.755. The van der Waals surface area contributed by atoms with Gasteiger partial charge in [-0.3, -0.25) is 4.79 Å². The Bertz CT molecular complexity index is 248. The minimum Gasteiger partial charge on any atom is -0.385 e. The third-order valence-electron chi connectivity index (χ3n) is 1.36. The Labute approximate surface area is 74.9 Å². The minimum absolute atomic E-state index is 0.0532. The van der Waals surface area contributed by atoms with Crippen LogP contribution in [-0.2, 0) is 4.74 Å². The van der Waals surface area contributed by atoms with Gasteiger partial charge >= 0.3 is 0 Å². The van der Waals surface area contributed by atoms with Crippen molar-refractivity contribution >= 4 is 5.91 Å². The van der Waals surface area contributed by atoms with Crippen molar-refractivity contribution in [3.8, 4) is 0 Å². The Morgan fingerprint density at radius 1 is 1.69 bits per heavy atom. The van der Waals surface area contributed by atoms with Gasteiger partial charge in [0.25, 0.3) is 11.7 Å². The number of rotatable bonds is 5. The Morgan fingerprint density at radius 2 is 2.54 bits per heavy atom. The minimum atomic E-state index is -0.329. The van der Waals surface area contributed by atoms with Crippen LogP contribution in [0.5, 0.6) is 0 Å². The van der Waals surface area contributed by atoms with Crippen LogP contribution >= 0.6 is 0 Å². The van der Waals surface area contributed by atoms with Gasteiger partial charge in [0.2, 0.25) is 0 Å². The van der Waals surface area contributed by atoms with E-state index in [0.717, 1.165) is 6.42 Å². The van der Waals surface area contributed by atoms with Crippen molar-refractivity contribution in [3.05, 3.63) is 5.82 Å². The van der Waals surface area contributed by atoms with Gasteiger partial charge < -0.3 is 10.1 Å². The monoisotopic (exact) mass is 185 g/mol. The summed E-state index contributed by atoms with van der Waals surface area (Å²) in [5.74, 6) is -0.276. The van der Waals surface area contributed by atoms with E-state index in [1.54, 1.807) is 7.11 Å². The van der Waals surface area contributed by atoms with Gasteiger partial charge in [-0.1, -0.05) is 0 Å². The molecule has 0 bridgehead atoms. The molecule has 1 heterocycles. The van der Waals surface area contributed by atoms with Crippen LogP contribution in [0.2, 0.25) is 0 Å². The lowest BCUT2D eigenvalue weighted by molar-refractivity contribution is 0.0938. The average Bonchev–Trinajstić information content (AvgIpc) is 2.65. The maximum Gasteiger partial charge on any atom is 0.292 e. The van der Waals surface area contributed by atoms with Crippen molar-refractivity contribution in [2.75, 3.05) is 20.3 Å². The standard InChI is InChI=1S/C6H11N5O2/c1-13-4-2-3-7-6(12)5-8-10-11-9-5/h2-4H2,1H3,(H,7,12)(H,8,9,10,11). The summed E-state index contributed by atoms with van der Waals surface area (Å²) in [6, 6.07) is 0. The SMILES string of the molecule is COCCCNC(=O)c1nn[nH]n1. The van der Waals surface area contributed by atoms with Gasteiger partial charge in [0.15, 0.2) is 0 Å².